The van der Waals surface area contributed by atoms with Gasteiger partial charge >= 0.3 is 6.03 Å². The highest BCUT2D eigenvalue weighted by Gasteiger charge is 2.46. The number of carbonyl (C=O) groups excluding carboxylic acids is 2. The van der Waals surface area contributed by atoms with Crippen molar-refractivity contribution in [3.8, 4) is 5.75 Å². The molecule has 2 aliphatic heterocycles. The zero-order valence-electron chi connectivity index (χ0n) is 20.0. The van der Waals surface area contributed by atoms with Gasteiger partial charge in [-0.05, 0) is 55.2 Å². The van der Waals surface area contributed by atoms with Crippen molar-refractivity contribution >= 4 is 17.6 Å². The van der Waals surface area contributed by atoms with E-state index in [1.165, 1.54) is 12.1 Å². The zero-order chi connectivity index (χ0) is 25.1. The average molecular weight is 498 g/mol. The number of hydrogen-bond donors (Lipinski definition) is 4. The van der Waals surface area contributed by atoms with Crippen molar-refractivity contribution in [1.82, 2.24) is 10.6 Å². The van der Waals surface area contributed by atoms with E-state index in [0.717, 1.165) is 31.2 Å². The Morgan fingerprint density at radius 1 is 1.11 bits per heavy atom. The van der Waals surface area contributed by atoms with Crippen molar-refractivity contribution in [3.63, 3.8) is 0 Å². The van der Waals surface area contributed by atoms with Crippen LogP contribution in [0.15, 0.2) is 42.5 Å². The van der Waals surface area contributed by atoms with E-state index in [1.807, 2.05) is 12.1 Å². The van der Waals surface area contributed by atoms with Gasteiger partial charge in [0, 0.05) is 29.8 Å². The Bertz CT molecular complexity index is 1110. The van der Waals surface area contributed by atoms with E-state index in [9.17, 15) is 19.1 Å². The number of amides is 3. The molecule has 2 fully saturated rings. The lowest BCUT2D eigenvalue weighted by molar-refractivity contribution is -0.142. The third-order valence-electron chi connectivity index (χ3n) is 7.24. The fourth-order valence-corrected chi connectivity index (χ4v) is 5.52. The molecule has 0 bridgehead atoms. The molecular weight excluding hydrogens is 465 g/mol. The van der Waals surface area contributed by atoms with Gasteiger partial charge in [0.2, 0.25) is 5.91 Å². The summed E-state index contributed by atoms with van der Waals surface area (Å²) in [5.41, 5.74) is 2.28. The molecule has 4 atom stereocenters. The average Bonchev–Trinajstić information content (AvgIpc) is 3.50. The van der Waals surface area contributed by atoms with Crippen LogP contribution in [0.4, 0.5) is 14.9 Å². The molecule has 5 rings (SSSR count). The third kappa shape index (κ3) is 5.63. The minimum absolute atomic E-state index is 0.0773. The number of benzene rings is 2. The fraction of sp³-hybridized carbons (Fsp3) is 0.481. The monoisotopic (exact) mass is 497 g/mol. The van der Waals surface area contributed by atoms with E-state index < -0.39 is 12.2 Å². The molecule has 0 radical (unpaired) electrons. The number of fused-ring (bicyclic) bond motifs is 3. The zero-order valence-corrected chi connectivity index (χ0v) is 20.0. The second-order valence-electron chi connectivity index (χ2n) is 9.85. The number of rotatable bonds is 7. The van der Waals surface area contributed by atoms with Gasteiger partial charge in [0.25, 0.3) is 0 Å². The number of anilines is 1. The SMILES string of the molecule is O=C(C[C@@H]1C[C@@H]2c3cc(NC(=O)NC4CCCC4)ccc3O[C@@H]2[C@@H](CO)O1)NCc1cccc(F)c1. The predicted molar refractivity (Wildman–Crippen MR) is 131 cm³/mol. The van der Waals surface area contributed by atoms with Gasteiger partial charge in [-0.1, -0.05) is 25.0 Å². The van der Waals surface area contributed by atoms with Crippen molar-refractivity contribution in [2.45, 2.75) is 75.3 Å². The maximum Gasteiger partial charge on any atom is 0.319 e. The van der Waals surface area contributed by atoms with Crippen LogP contribution in [0, 0.1) is 5.82 Å². The van der Waals surface area contributed by atoms with Crippen molar-refractivity contribution in [3.05, 3.63) is 59.4 Å². The number of halogens is 1. The van der Waals surface area contributed by atoms with E-state index >= 15 is 0 Å². The quantitative estimate of drug-likeness (QED) is 0.468. The standard InChI is InChI=1S/C27H32FN3O5/c28-17-5-3-4-16(10-17)14-29-25(33)13-20-12-22-21-11-19(31-27(34)30-18-6-1-2-7-18)8-9-23(21)36-26(22)24(15-32)35-20/h3-5,8-11,18,20,22,24,26,32H,1-2,6-7,12-15H2,(H,29,33)(H2,30,31,34)/t20-,22+,24+,26-/m0/s1. The lowest BCUT2D eigenvalue weighted by Crippen LogP contribution is -2.47. The molecule has 3 amide bonds. The first-order valence-electron chi connectivity index (χ1n) is 12.6. The predicted octanol–water partition coefficient (Wildman–Crippen LogP) is 3.59. The molecule has 1 aliphatic carbocycles. The second kappa shape index (κ2) is 10.8. The van der Waals surface area contributed by atoms with Gasteiger partial charge in [-0.25, -0.2) is 9.18 Å². The van der Waals surface area contributed by atoms with Crippen LogP contribution in [-0.2, 0) is 16.1 Å². The Hall–Kier alpha value is -3.17. The van der Waals surface area contributed by atoms with Crippen LogP contribution < -0.4 is 20.7 Å². The highest BCUT2D eigenvalue weighted by molar-refractivity contribution is 5.89. The Morgan fingerprint density at radius 3 is 2.72 bits per heavy atom. The van der Waals surface area contributed by atoms with Crippen LogP contribution in [0.2, 0.25) is 0 Å². The van der Waals surface area contributed by atoms with Gasteiger partial charge in [0.15, 0.2) is 0 Å². The van der Waals surface area contributed by atoms with Gasteiger partial charge in [-0.15, -0.1) is 0 Å². The van der Waals surface area contributed by atoms with Crippen molar-refractivity contribution < 1.29 is 28.6 Å². The van der Waals surface area contributed by atoms with Crippen LogP contribution in [0.3, 0.4) is 0 Å². The largest absolute Gasteiger partial charge is 0.487 e. The molecule has 3 aliphatic rings. The summed E-state index contributed by atoms with van der Waals surface area (Å²) in [5.74, 6) is 0.0630. The first-order valence-corrected chi connectivity index (χ1v) is 12.6. The van der Waals surface area contributed by atoms with E-state index in [-0.39, 0.29) is 55.4 Å². The summed E-state index contributed by atoms with van der Waals surface area (Å²) in [5, 5.41) is 18.7. The molecule has 2 heterocycles. The number of ether oxygens (including phenoxy) is 2. The van der Waals surface area contributed by atoms with Gasteiger partial charge < -0.3 is 30.5 Å². The summed E-state index contributed by atoms with van der Waals surface area (Å²) in [6.45, 7) is -0.00579. The van der Waals surface area contributed by atoms with Crippen LogP contribution in [0.1, 0.15) is 55.6 Å². The number of nitrogens with one attached hydrogen (secondary N) is 3. The molecule has 2 aromatic rings. The van der Waals surface area contributed by atoms with Gasteiger partial charge in [0.05, 0.1) is 19.1 Å². The molecule has 8 nitrogen and oxygen atoms in total. The maximum absolute atomic E-state index is 13.4. The molecule has 0 aromatic heterocycles. The summed E-state index contributed by atoms with van der Waals surface area (Å²) in [4.78, 5) is 25.0. The Labute approximate surface area is 209 Å². The molecule has 1 saturated carbocycles. The van der Waals surface area contributed by atoms with Crippen LogP contribution in [0.5, 0.6) is 5.75 Å². The Morgan fingerprint density at radius 2 is 1.94 bits per heavy atom. The Balaban J connectivity index is 1.22. The van der Waals surface area contributed by atoms with Gasteiger partial charge in [-0.3, -0.25) is 4.79 Å². The molecule has 4 N–H and O–H groups in total. The number of carbonyl (C=O) groups is 2. The van der Waals surface area contributed by atoms with E-state index in [1.54, 1.807) is 18.2 Å². The smallest absolute Gasteiger partial charge is 0.319 e. The van der Waals surface area contributed by atoms with Crippen LogP contribution >= 0.6 is 0 Å². The van der Waals surface area contributed by atoms with Crippen molar-refractivity contribution in [2.75, 3.05) is 11.9 Å². The minimum atomic E-state index is -0.570. The number of urea groups is 1. The Kier molecular flexibility index (Phi) is 7.38. The molecule has 0 spiro atoms. The number of aliphatic hydroxyl groups is 1. The summed E-state index contributed by atoms with van der Waals surface area (Å²) < 4.78 is 25.5. The number of hydrogen-bond acceptors (Lipinski definition) is 5. The molecule has 9 heteroatoms. The summed E-state index contributed by atoms with van der Waals surface area (Å²) in [6, 6.07) is 11.6. The van der Waals surface area contributed by atoms with Crippen LogP contribution in [-0.4, -0.2) is 48.0 Å². The van der Waals surface area contributed by atoms with Crippen LogP contribution in [0.25, 0.3) is 0 Å². The lowest BCUT2D eigenvalue weighted by Gasteiger charge is -2.37. The normalized spacial score (nSPS) is 24.9. The van der Waals surface area contributed by atoms with Gasteiger partial charge in [-0.2, -0.15) is 0 Å². The molecular formula is C27H32FN3O5. The van der Waals surface area contributed by atoms with E-state index in [0.29, 0.717) is 23.4 Å². The molecule has 36 heavy (non-hydrogen) atoms. The first-order chi connectivity index (χ1) is 17.5. The van der Waals surface area contributed by atoms with Gasteiger partial charge in [0.1, 0.15) is 23.8 Å². The summed E-state index contributed by atoms with van der Waals surface area (Å²) in [7, 11) is 0. The van der Waals surface area contributed by atoms with Crippen molar-refractivity contribution in [2.24, 2.45) is 0 Å². The molecule has 2 aromatic carbocycles. The fourth-order valence-electron chi connectivity index (χ4n) is 5.52. The molecule has 1 saturated heterocycles. The number of aliphatic hydroxyl groups excluding tert-OH is 1. The third-order valence-corrected chi connectivity index (χ3v) is 7.24. The van der Waals surface area contributed by atoms with Crippen molar-refractivity contribution in [1.29, 1.82) is 0 Å². The summed E-state index contributed by atoms with van der Waals surface area (Å²) in [6.07, 6.45) is 3.62. The first kappa shape index (κ1) is 24.5. The topological polar surface area (TPSA) is 109 Å². The van der Waals surface area contributed by atoms with E-state index in [4.69, 9.17) is 9.47 Å². The highest BCUT2D eigenvalue weighted by atomic mass is 19.1. The molecule has 0 unspecified atom stereocenters. The summed E-state index contributed by atoms with van der Waals surface area (Å²) >= 11 is 0. The van der Waals surface area contributed by atoms with E-state index in [2.05, 4.69) is 16.0 Å². The maximum atomic E-state index is 13.4. The minimum Gasteiger partial charge on any atom is -0.487 e. The highest BCUT2D eigenvalue weighted by Crippen LogP contribution is 2.47. The molecule has 192 valence electrons. The lowest BCUT2D eigenvalue weighted by atomic mass is 9.84. The second-order valence-corrected chi connectivity index (χ2v) is 9.85.